The Kier molecular flexibility index (Phi) is 4.37. The van der Waals surface area contributed by atoms with Crippen LogP contribution in [0, 0.1) is 11.3 Å². The smallest absolute Gasteiger partial charge is 0.223 e. The molecule has 1 aromatic heterocycles. The van der Waals surface area contributed by atoms with Crippen molar-refractivity contribution in [2.45, 2.75) is 5.33 Å². The molecular weight excluding hydrogens is 308 g/mol. The summed E-state index contributed by atoms with van der Waals surface area (Å²) in [5, 5.41) is 9.50. The SMILES string of the molecule is COc1cc(C#N)ccc1Oc1ncccc1CBr. The summed E-state index contributed by atoms with van der Waals surface area (Å²) in [5.74, 6) is 1.55. The van der Waals surface area contributed by atoms with Crippen LogP contribution in [0.1, 0.15) is 11.1 Å². The fourth-order valence-corrected chi connectivity index (χ4v) is 1.97. The Morgan fingerprint density at radius 2 is 2.16 bits per heavy atom. The highest BCUT2D eigenvalue weighted by Gasteiger charge is 2.10. The second-order valence-corrected chi connectivity index (χ2v) is 4.24. The molecule has 0 aliphatic rings. The van der Waals surface area contributed by atoms with Crippen LogP contribution in [-0.4, -0.2) is 12.1 Å². The van der Waals surface area contributed by atoms with E-state index in [0.29, 0.717) is 28.3 Å². The second kappa shape index (κ2) is 6.21. The number of nitrogens with zero attached hydrogens (tertiary/aromatic N) is 2. The fourth-order valence-electron chi connectivity index (χ4n) is 1.54. The zero-order valence-corrected chi connectivity index (χ0v) is 11.8. The molecule has 0 spiro atoms. The molecule has 96 valence electrons. The largest absolute Gasteiger partial charge is 0.493 e. The standard InChI is InChI=1S/C14H11BrN2O2/c1-18-13-7-10(9-16)4-5-12(13)19-14-11(8-15)3-2-6-17-14/h2-7H,8H2,1H3. The van der Waals surface area contributed by atoms with E-state index in [4.69, 9.17) is 14.7 Å². The lowest BCUT2D eigenvalue weighted by Gasteiger charge is -2.11. The minimum atomic E-state index is 0.505. The average Bonchev–Trinajstić information content (AvgIpc) is 2.48. The van der Waals surface area contributed by atoms with E-state index in [9.17, 15) is 0 Å². The fraction of sp³-hybridized carbons (Fsp3) is 0.143. The Morgan fingerprint density at radius 3 is 2.84 bits per heavy atom. The van der Waals surface area contributed by atoms with Crippen molar-refractivity contribution >= 4 is 15.9 Å². The monoisotopic (exact) mass is 318 g/mol. The lowest BCUT2D eigenvalue weighted by atomic mass is 10.2. The van der Waals surface area contributed by atoms with Gasteiger partial charge in [0.15, 0.2) is 11.5 Å². The van der Waals surface area contributed by atoms with Crippen molar-refractivity contribution in [1.82, 2.24) is 4.98 Å². The van der Waals surface area contributed by atoms with E-state index in [1.807, 2.05) is 12.1 Å². The average molecular weight is 319 g/mol. The van der Waals surface area contributed by atoms with Crippen molar-refractivity contribution in [2.75, 3.05) is 7.11 Å². The Bertz CT molecular complexity index is 623. The molecule has 0 amide bonds. The van der Waals surface area contributed by atoms with Gasteiger partial charge in [-0.05, 0) is 18.2 Å². The molecule has 2 rings (SSSR count). The van der Waals surface area contributed by atoms with Crippen LogP contribution in [0.25, 0.3) is 0 Å². The molecule has 1 aromatic carbocycles. The van der Waals surface area contributed by atoms with Gasteiger partial charge in [-0.2, -0.15) is 5.26 Å². The van der Waals surface area contributed by atoms with E-state index in [2.05, 4.69) is 27.0 Å². The van der Waals surface area contributed by atoms with Crippen LogP contribution in [-0.2, 0) is 5.33 Å². The van der Waals surface area contributed by atoms with E-state index in [1.165, 1.54) is 7.11 Å². The van der Waals surface area contributed by atoms with Crippen molar-refractivity contribution in [2.24, 2.45) is 0 Å². The summed E-state index contributed by atoms with van der Waals surface area (Å²) < 4.78 is 11.0. The Labute approximate surface area is 119 Å². The lowest BCUT2D eigenvalue weighted by Crippen LogP contribution is -1.95. The van der Waals surface area contributed by atoms with Gasteiger partial charge >= 0.3 is 0 Å². The van der Waals surface area contributed by atoms with Gasteiger partial charge in [0.25, 0.3) is 0 Å². The Morgan fingerprint density at radius 1 is 1.32 bits per heavy atom. The highest BCUT2D eigenvalue weighted by Crippen LogP contribution is 2.33. The summed E-state index contributed by atoms with van der Waals surface area (Å²) in [4.78, 5) is 4.19. The summed E-state index contributed by atoms with van der Waals surface area (Å²) in [6.07, 6.45) is 1.66. The Balaban J connectivity index is 2.35. The molecule has 0 unspecified atom stereocenters. The first-order chi connectivity index (χ1) is 9.28. The molecule has 5 heteroatoms. The van der Waals surface area contributed by atoms with Crippen LogP contribution in [0.3, 0.4) is 0 Å². The van der Waals surface area contributed by atoms with E-state index in [0.717, 1.165) is 5.56 Å². The number of hydrogen-bond acceptors (Lipinski definition) is 4. The lowest BCUT2D eigenvalue weighted by molar-refractivity contribution is 0.373. The van der Waals surface area contributed by atoms with Gasteiger partial charge in [0.1, 0.15) is 0 Å². The molecule has 0 aliphatic carbocycles. The molecule has 2 aromatic rings. The van der Waals surface area contributed by atoms with E-state index >= 15 is 0 Å². The van der Waals surface area contributed by atoms with E-state index < -0.39 is 0 Å². The summed E-state index contributed by atoms with van der Waals surface area (Å²) >= 11 is 3.39. The van der Waals surface area contributed by atoms with E-state index in [-0.39, 0.29) is 0 Å². The number of rotatable bonds is 4. The number of benzene rings is 1. The number of ether oxygens (including phenoxy) is 2. The minimum Gasteiger partial charge on any atom is -0.493 e. The molecule has 0 saturated heterocycles. The molecule has 4 nitrogen and oxygen atoms in total. The van der Waals surface area contributed by atoms with Crippen LogP contribution in [0.4, 0.5) is 0 Å². The van der Waals surface area contributed by atoms with Gasteiger partial charge in [-0.15, -0.1) is 0 Å². The maximum Gasteiger partial charge on any atom is 0.223 e. The third-order valence-corrected chi connectivity index (χ3v) is 3.10. The number of halogens is 1. The first-order valence-corrected chi connectivity index (χ1v) is 6.66. The molecule has 0 saturated carbocycles. The van der Waals surface area contributed by atoms with Gasteiger partial charge in [0, 0.05) is 23.2 Å². The van der Waals surface area contributed by atoms with Crippen molar-refractivity contribution in [3.05, 3.63) is 47.7 Å². The van der Waals surface area contributed by atoms with Crippen LogP contribution in [0.15, 0.2) is 36.5 Å². The van der Waals surface area contributed by atoms with Crippen molar-refractivity contribution in [3.63, 3.8) is 0 Å². The van der Waals surface area contributed by atoms with Gasteiger partial charge in [0.2, 0.25) is 5.88 Å². The number of pyridine rings is 1. The van der Waals surface area contributed by atoms with Gasteiger partial charge in [0.05, 0.1) is 18.7 Å². The number of nitriles is 1. The molecular formula is C14H11BrN2O2. The van der Waals surface area contributed by atoms with Crippen molar-refractivity contribution in [1.29, 1.82) is 5.26 Å². The molecule has 0 fully saturated rings. The zero-order chi connectivity index (χ0) is 13.7. The first-order valence-electron chi connectivity index (χ1n) is 5.54. The zero-order valence-electron chi connectivity index (χ0n) is 10.3. The van der Waals surface area contributed by atoms with Crippen molar-refractivity contribution < 1.29 is 9.47 Å². The maximum atomic E-state index is 8.86. The number of alkyl halides is 1. The summed E-state index contributed by atoms with van der Waals surface area (Å²) in [6.45, 7) is 0. The summed E-state index contributed by atoms with van der Waals surface area (Å²) in [5.41, 5.74) is 1.46. The molecule has 0 aliphatic heterocycles. The quantitative estimate of drug-likeness (QED) is 0.807. The summed E-state index contributed by atoms with van der Waals surface area (Å²) in [6, 6.07) is 10.8. The van der Waals surface area contributed by atoms with Crippen LogP contribution >= 0.6 is 15.9 Å². The highest BCUT2D eigenvalue weighted by atomic mass is 79.9. The molecule has 0 bridgehead atoms. The van der Waals surface area contributed by atoms with Crippen LogP contribution < -0.4 is 9.47 Å². The highest BCUT2D eigenvalue weighted by molar-refractivity contribution is 9.08. The first kappa shape index (κ1) is 13.4. The third kappa shape index (κ3) is 3.04. The molecule has 1 heterocycles. The van der Waals surface area contributed by atoms with Gasteiger partial charge < -0.3 is 9.47 Å². The summed E-state index contributed by atoms with van der Waals surface area (Å²) in [7, 11) is 1.53. The Hall–Kier alpha value is -2.06. The maximum absolute atomic E-state index is 8.86. The van der Waals surface area contributed by atoms with Crippen LogP contribution in [0.5, 0.6) is 17.4 Å². The molecule has 19 heavy (non-hydrogen) atoms. The molecule has 0 radical (unpaired) electrons. The third-order valence-electron chi connectivity index (χ3n) is 2.49. The van der Waals surface area contributed by atoms with Crippen LogP contribution in [0.2, 0.25) is 0 Å². The molecule has 0 N–H and O–H groups in total. The minimum absolute atomic E-state index is 0.505. The number of hydrogen-bond donors (Lipinski definition) is 0. The normalized spacial score (nSPS) is 9.74. The van der Waals surface area contributed by atoms with E-state index in [1.54, 1.807) is 24.4 Å². The van der Waals surface area contributed by atoms with Crippen molar-refractivity contribution in [3.8, 4) is 23.4 Å². The predicted molar refractivity (Wildman–Crippen MR) is 74.7 cm³/mol. The van der Waals surface area contributed by atoms with Gasteiger partial charge in [-0.25, -0.2) is 4.98 Å². The number of aromatic nitrogens is 1. The van der Waals surface area contributed by atoms with Gasteiger partial charge in [-0.3, -0.25) is 0 Å². The predicted octanol–water partition coefficient (Wildman–Crippen LogP) is 3.65. The topological polar surface area (TPSA) is 55.1 Å². The number of methoxy groups -OCH3 is 1. The second-order valence-electron chi connectivity index (χ2n) is 3.68. The molecule has 0 atom stereocenters. The van der Waals surface area contributed by atoms with Gasteiger partial charge in [-0.1, -0.05) is 22.0 Å².